The summed E-state index contributed by atoms with van der Waals surface area (Å²) in [7, 11) is -3.17. The first-order chi connectivity index (χ1) is 11.3. The van der Waals surface area contributed by atoms with Crippen LogP contribution >= 0.6 is 11.6 Å². The number of hydrogen-bond donors (Lipinski definition) is 1. The van der Waals surface area contributed by atoms with Gasteiger partial charge in [0.1, 0.15) is 9.84 Å². The number of carbonyl (C=O) groups excluding carboxylic acids is 2. The van der Waals surface area contributed by atoms with Gasteiger partial charge in [0.2, 0.25) is 0 Å². The molecule has 0 aliphatic carbocycles. The molecule has 1 N–H and O–H groups in total. The van der Waals surface area contributed by atoms with Crippen molar-refractivity contribution in [3.8, 4) is 0 Å². The molecule has 0 atom stereocenters. The van der Waals surface area contributed by atoms with Gasteiger partial charge in [-0.05, 0) is 30.3 Å². The SMILES string of the molecule is CS(=O)(=O)CCNC(=O)c1ccccc1C(=O)c1ccc(Cl)cc1. The van der Waals surface area contributed by atoms with E-state index in [4.69, 9.17) is 11.6 Å². The van der Waals surface area contributed by atoms with Crippen LogP contribution < -0.4 is 5.32 Å². The van der Waals surface area contributed by atoms with Gasteiger partial charge in [0.25, 0.3) is 5.91 Å². The number of halogens is 1. The molecule has 0 bridgehead atoms. The summed E-state index contributed by atoms with van der Waals surface area (Å²) < 4.78 is 22.2. The molecule has 0 radical (unpaired) electrons. The zero-order chi connectivity index (χ0) is 17.7. The largest absolute Gasteiger partial charge is 0.351 e. The Labute approximate surface area is 145 Å². The molecule has 24 heavy (non-hydrogen) atoms. The maximum absolute atomic E-state index is 12.6. The molecule has 2 aromatic carbocycles. The molecular formula is C17H16ClNO4S. The molecule has 2 rings (SSSR count). The van der Waals surface area contributed by atoms with Crippen LogP contribution in [-0.4, -0.2) is 38.7 Å². The Morgan fingerprint density at radius 3 is 2.17 bits per heavy atom. The number of ketones is 1. The fourth-order valence-corrected chi connectivity index (χ4v) is 2.68. The van der Waals surface area contributed by atoms with Crippen molar-refractivity contribution >= 4 is 33.1 Å². The van der Waals surface area contributed by atoms with E-state index in [0.717, 1.165) is 6.26 Å². The monoisotopic (exact) mass is 365 g/mol. The second-order valence-electron chi connectivity index (χ2n) is 5.27. The molecule has 0 spiro atoms. The molecule has 1 amide bonds. The van der Waals surface area contributed by atoms with Gasteiger partial charge in [-0.25, -0.2) is 8.42 Å². The van der Waals surface area contributed by atoms with Crippen molar-refractivity contribution in [2.75, 3.05) is 18.6 Å². The van der Waals surface area contributed by atoms with Crippen molar-refractivity contribution in [3.05, 3.63) is 70.2 Å². The standard InChI is InChI=1S/C17H16ClNO4S/c1-24(22,23)11-10-19-17(21)15-5-3-2-4-14(15)16(20)12-6-8-13(18)9-7-12/h2-9H,10-11H2,1H3,(H,19,21). The lowest BCUT2D eigenvalue weighted by Gasteiger charge is -2.09. The van der Waals surface area contributed by atoms with E-state index in [1.54, 1.807) is 42.5 Å². The van der Waals surface area contributed by atoms with E-state index in [9.17, 15) is 18.0 Å². The van der Waals surface area contributed by atoms with E-state index < -0.39 is 15.7 Å². The molecule has 0 aliphatic heterocycles. The van der Waals surface area contributed by atoms with Gasteiger partial charge in [-0.1, -0.05) is 29.8 Å². The second kappa shape index (κ2) is 7.59. The van der Waals surface area contributed by atoms with Crippen LogP contribution in [0.1, 0.15) is 26.3 Å². The minimum atomic E-state index is -3.17. The third-order valence-corrected chi connectivity index (χ3v) is 4.48. The Kier molecular flexibility index (Phi) is 5.75. The van der Waals surface area contributed by atoms with E-state index in [-0.39, 0.29) is 29.2 Å². The molecule has 2 aromatic rings. The predicted molar refractivity (Wildman–Crippen MR) is 93.4 cm³/mol. The first kappa shape index (κ1) is 18.2. The number of sulfone groups is 1. The van der Waals surface area contributed by atoms with Crippen molar-refractivity contribution in [2.45, 2.75) is 0 Å². The Bertz CT molecular complexity index is 860. The minimum absolute atomic E-state index is 0.0128. The lowest BCUT2D eigenvalue weighted by molar-refractivity contribution is 0.0944. The van der Waals surface area contributed by atoms with Gasteiger partial charge in [0.15, 0.2) is 5.78 Å². The fourth-order valence-electron chi connectivity index (χ4n) is 2.08. The third-order valence-electron chi connectivity index (χ3n) is 3.28. The second-order valence-corrected chi connectivity index (χ2v) is 7.96. The Balaban J connectivity index is 2.22. The quantitative estimate of drug-likeness (QED) is 0.797. The average Bonchev–Trinajstić information content (AvgIpc) is 2.53. The van der Waals surface area contributed by atoms with Gasteiger partial charge >= 0.3 is 0 Å². The Morgan fingerprint density at radius 2 is 1.58 bits per heavy atom. The van der Waals surface area contributed by atoms with Gasteiger partial charge in [0, 0.05) is 29.0 Å². The molecule has 126 valence electrons. The summed E-state index contributed by atoms with van der Waals surface area (Å²) in [5.74, 6) is -0.955. The van der Waals surface area contributed by atoms with Crippen LogP contribution in [0.25, 0.3) is 0 Å². The van der Waals surface area contributed by atoms with Crippen LogP contribution in [0.5, 0.6) is 0 Å². The molecule has 0 saturated heterocycles. The molecule has 7 heteroatoms. The first-order valence-electron chi connectivity index (χ1n) is 7.13. The lowest BCUT2D eigenvalue weighted by Crippen LogP contribution is -2.30. The van der Waals surface area contributed by atoms with Crippen molar-refractivity contribution in [3.63, 3.8) is 0 Å². The smallest absolute Gasteiger partial charge is 0.252 e. The van der Waals surface area contributed by atoms with E-state index >= 15 is 0 Å². The average molecular weight is 366 g/mol. The van der Waals surface area contributed by atoms with E-state index in [1.165, 1.54) is 6.07 Å². The van der Waals surface area contributed by atoms with E-state index in [0.29, 0.717) is 10.6 Å². The number of amides is 1. The zero-order valence-corrected chi connectivity index (χ0v) is 14.5. The maximum atomic E-state index is 12.6. The van der Waals surface area contributed by atoms with Crippen molar-refractivity contribution in [1.29, 1.82) is 0 Å². The number of rotatable bonds is 6. The van der Waals surface area contributed by atoms with Crippen LogP contribution in [0.15, 0.2) is 48.5 Å². The van der Waals surface area contributed by atoms with Crippen molar-refractivity contribution in [1.82, 2.24) is 5.32 Å². The highest BCUT2D eigenvalue weighted by Crippen LogP contribution is 2.17. The molecular weight excluding hydrogens is 350 g/mol. The van der Waals surface area contributed by atoms with Crippen molar-refractivity contribution < 1.29 is 18.0 Å². The van der Waals surface area contributed by atoms with E-state index in [1.807, 2.05) is 0 Å². The summed E-state index contributed by atoms with van der Waals surface area (Å²) in [5, 5.41) is 3.03. The molecule has 0 aliphatic rings. The highest BCUT2D eigenvalue weighted by atomic mass is 35.5. The molecule has 0 unspecified atom stereocenters. The van der Waals surface area contributed by atoms with Gasteiger partial charge in [-0.3, -0.25) is 9.59 Å². The number of benzene rings is 2. The van der Waals surface area contributed by atoms with Gasteiger partial charge in [-0.15, -0.1) is 0 Å². The number of hydrogen-bond acceptors (Lipinski definition) is 4. The van der Waals surface area contributed by atoms with Crippen LogP contribution in [0, 0.1) is 0 Å². The van der Waals surface area contributed by atoms with Crippen LogP contribution in [0.2, 0.25) is 5.02 Å². The molecule has 0 aromatic heterocycles. The van der Waals surface area contributed by atoms with Gasteiger partial charge < -0.3 is 5.32 Å². The van der Waals surface area contributed by atoms with Crippen LogP contribution in [0.3, 0.4) is 0 Å². The summed E-state index contributed by atoms with van der Waals surface area (Å²) in [6.45, 7) is -0.0128. The normalized spacial score (nSPS) is 11.1. The summed E-state index contributed by atoms with van der Waals surface area (Å²) in [6, 6.07) is 12.8. The first-order valence-corrected chi connectivity index (χ1v) is 9.57. The Hall–Kier alpha value is -2.18. The molecule has 0 saturated carbocycles. The summed E-state index contributed by atoms with van der Waals surface area (Å²) in [5.41, 5.74) is 0.860. The molecule has 0 fully saturated rings. The molecule has 5 nitrogen and oxygen atoms in total. The minimum Gasteiger partial charge on any atom is -0.351 e. The van der Waals surface area contributed by atoms with E-state index in [2.05, 4.69) is 5.32 Å². The summed E-state index contributed by atoms with van der Waals surface area (Å²) >= 11 is 5.81. The zero-order valence-electron chi connectivity index (χ0n) is 13.0. The van der Waals surface area contributed by atoms with Gasteiger partial charge in [-0.2, -0.15) is 0 Å². The predicted octanol–water partition coefficient (Wildman–Crippen LogP) is 2.35. The fraction of sp³-hybridized carbons (Fsp3) is 0.176. The molecule has 0 heterocycles. The topological polar surface area (TPSA) is 80.3 Å². The third kappa shape index (κ3) is 4.91. The lowest BCUT2D eigenvalue weighted by atomic mass is 9.98. The summed E-state index contributed by atoms with van der Waals surface area (Å²) in [6.07, 6.45) is 1.09. The van der Waals surface area contributed by atoms with Crippen LogP contribution in [0.4, 0.5) is 0 Å². The van der Waals surface area contributed by atoms with Crippen molar-refractivity contribution in [2.24, 2.45) is 0 Å². The Morgan fingerprint density at radius 1 is 1.00 bits per heavy atom. The number of nitrogens with one attached hydrogen (secondary N) is 1. The highest BCUT2D eigenvalue weighted by molar-refractivity contribution is 7.90. The highest BCUT2D eigenvalue weighted by Gasteiger charge is 2.18. The van der Waals surface area contributed by atoms with Gasteiger partial charge in [0.05, 0.1) is 11.3 Å². The summed E-state index contributed by atoms with van der Waals surface area (Å²) in [4.78, 5) is 24.9. The maximum Gasteiger partial charge on any atom is 0.252 e. The van der Waals surface area contributed by atoms with Crippen LogP contribution in [-0.2, 0) is 9.84 Å². The number of carbonyl (C=O) groups is 2.